The Kier molecular flexibility index (Phi) is 5.07. The SMILES string of the molecule is O=S(=O)(Nc1cc(F)c(C(F)(F)F)cc1F)c1c[nH]c(-c2cc(F)ccc2F)c1. The zero-order chi connectivity index (χ0) is 21.6. The highest BCUT2D eigenvalue weighted by molar-refractivity contribution is 7.92. The first-order chi connectivity index (χ1) is 13.4. The third kappa shape index (κ3) is 4.21. The van der Waals surface area contributed by atoms with Gasteiger partial charge in [0.1, 0.15) is 28.2 Å². The van der Waals surface area contributed by atoms with Crippen molar-refractivity contribution in [3.8, 4) is 11.3 Å². The fraction of sp³-hybridized carbons (Fsp3) is 0.0588. The second-order valence-corrected chi connectivity index (χ2v) is 7.47. The number of alkyl halides is 3. The molecule has 0 saturated heterocycles. The van der Waals surface area contributed by atoms with Crippen molar-refractivity contribution < 1.29 is 39.2 Å². The van der Waals surface area contributed by atoms with Crippen molar-refractivity contribution in [2.75, 3.05) is 4.72 Å². The molecule has 0 saturated carbocycles. The highest BCUT2D eigenvalue weighted by Crippen LogP contribution is 2.34. The predicted molar refractivity (Wildman–Crippen MR) is 88.3 cm³/mol. The van der Waals surface area contributed by atoms with Gasteiger partial charge in [-0.2, -0.15) is 13.2 Å². The Balaban J connectivity index is 1.94. The topological polar surface area (TPSA) is 62.0 Å². The molecule has 0 atom stereocenters. The molecule has 12 heteroatoms. The van der Waals surface area contributed by atoms with Crippen molar-refractivity contribution in [3.05, 3.63) is 71.4 Å². The van der Waals surface area contributed by atoms with Crippen molar-refractivity contribution in [3.63, 3.8) is 0 Å². The van der Waals surface area contributed by atoms with Crippen LogP contribution < -0.4 is 4.72 Å². The van der Waals surface area contributed by atoms with Crippen LogP contribution in [0.15, 0.2) is 47.5 Å². The lowest BCUT2D eigenvalue weighted by Crippen LogP contribution is -2.15. The number of H-pyrrole nitrogens is 1. The number of anilines is 1. The maximum absolute atomic E-state index is 13.9. The van der Waals surface area contributed by atoms with Gasteiger partial charge >= 0.3 is 6.18 Å². The van der Waals surface area contributed by atoms with E-state index in [4.69, 9.17) is 0 Å². The van der Waals surface area contributed by atoms with Crippen LogP contribution in [0.3, 0.4) is 0 Å². The number of hydrogen-bond acceptors (Lipinski definition) is 2. The van der Waals surface area contributed by atoms with E-state index in [0.29, 0.717) is 0 Å². The Bertz CT molecular complexity index is 1190. The maximum Gasteiger partial charge on any atom is 0.419 e. The average Bonchev–Trinajstić information content (AvgIpc) is 3.09. The van der Waals surface area contributed by atoms with Crippen LogP contribution in [-0.4, -0.2) is 13.4 Å². The lowest BCUT2D eigenvalue weighted by Gasteiger charge is -2.12. The van der Waals surface area contributed by atoms with Gasteiger partial charge in [-0.25, -0.2) is 26.0 Å². The molecule has 0 aliphatic carbocycles. The standard InChI is InChI=1S/C17H9F7N2O2S/c18-8-1-2-12(19)10(3-8)15-4-9(7-25-15)29(27,28)26-16-6-13(20)11(5-14(16)21)17(22,23)24/h1-7,25-26H. The Morgan fingerprint density at radius 3 is 2.21 bits per heavy atom. The molecule has 0 aliphatic heterocycles. The Labute approximate surface area is 159 Å². The smallest absolute Gasteiger partial charge is 0.360 e. The highest BCUT2D eigenvalue weighted by atomic mass is 32.2. The average molecular weight is 438 g/mol. The Hall–Kier alpha value is -3.02. The predicted octanol–water partition coefficient (Wildman–Crippen LogP) is 5.06. The molecule has 0 aliphatic rings. The van der Waals surface area contributed by atoms with Crippen molar-refractivity contribution in [1.82, 2.24) is 4.98 Å². The third-order valence-corrected chi connectivity index (χ3v) is 5.14. The second-order valence-electron chi connectivity index (χ2n) is 5.79. The molecule has 0 amide bonds. The summed E-state index contributed by atoms with van der Waals surface area (Å²) in [5.74, 6) is -5.19. The quantitative estimate of drug-likeness (QED) is 0.560. The van der Waals surface area contributed by atoms with Gasteiger partial charge < -0.3 is 4.98 Å². The van der Waals surface area contributed by atoms with E-state index in [1.807, 2.05) is 0 Å². The third-order valence-electron chi connectivity index (χ3n) is 3.79. The number of nitrogens with one attached hydrogen (secondary N) is 2. The van der Waals surface area contributed by atoms with Gasteiger partial charge in [0.25, 0.3) is 10.0 Å². The summed E-state index contributed by atoms with van der Waals surface area (Å²) in [7, 11) is -4.60. The van der Waals surface area contributed by atoms with Gasteiger partial charge in [0.2, 0.25) is 0 Å². The van der Waals surface area contributed by atoms with Gasteiger partial charge in [-0.1, -0.05) is 0 Å². The van der Waals surface area contributed by atoms with Gasteiger partial charge in [0.05, 0.1) is 11.3 Å². The van der Waals surface area contributed by atoms with Crippen molar-refractivity contribution >= 4 is 15.7 Å². The fourth-order valence-corrected chi connectivity index (χ4v) is 3.49. The molecular formula is C17H9F7N2O2S. The van der Waals surface area contributed by atoms with Crippen LogP contribution in [0.4, 0.5) is 36.4 Å². The summed E-state index contributed by atoms with van der Waals surface area (Å²) in [4.78, 5) is 1.82. The molecule has 2 N–H and O–H groups in total. The van der Waals surface area contributed by atoms with Crippen LogP contribution in [0.1, 0.15) is 5.56 Å². The van der Waals surface area contributed by atoms with Gasteiger partial charge in [-0.05, 0) is 30.3 Å². The lowest BCUT2D eigenvalue weighted by atomic mass is 10.1. The summed E-state index contributed by atoms with van der Waals surface area (Å²) in [5, 5.41) is 0. The molecule has 1 aromatic heterocycles. The van der Waals surface area contributed by atoms with Gasteiger partial charge in [0.15, 0.2) is 0 Å². The molecule has 154 valence electrons. The number of sulfonamides is 1. The Morgan fingerprint density at radius 2 is 1.55 bits per heavy atom. The van der Waals surface area contributed by atoms with E-state index in [0.717, 1.165) is 30.5 Å². The highest BCUT2D eigenvalue weighted by Gasteiger charge is 2.35. The summed E-state index contributed by atoms with van der Waals surface area (Å²) in [6.07, 6.45) is -4.31. The molecule has 0 spiro atoms. The normalized spacial score (nSPS) is 12.2. The zero-order valence-electron chi connectivity index (χ0n) is 13.9. The number of halogens is 7. The van der Waals surface area contributed by atoms with E-state index in [-0.39, 0.29) is 23.4 Å². The van der Waals surface area contributed by atoms with Gasteiger partial charge in [0, 0.05) is 23.5 Å². The minimum Gasteiger partial charge on any atom is -0.360 e. The largest absolute Gasteiger partial charge is 0.419 e. The number of hydrogen-bond donors (Lipinski definition) is 2. The van der Waals surface area contributed by atoms with Crippen molar-refractivity contribution in [2.24, 2.45) is 0 Å². The van der Waals surface area contributed by atoms with Crippen LogP contribution in [0.2, 0.25) is 0 Å². The number of benzene rings is 2. The first-order valence-corrected chi connectivity index (χ1v) is 9.10. The second kappa shape index (κ2) is 7.10. The first kappa shape index (κ1) is 20.7. The van der Waals surface area contributed by atoms with Crippen LogP contribution in [0, 0.1) is 23.3 Å². The molecule has 0 radical (unpaired) electrons. The fourth-order valence-electron chi connectivity index (χ4n) is 2.43. The molecule has 2 aromatic carbocycles. The van der Waals surface area contributed by atoms with Crippen LogP contribution >= 0.6 is 0 Å². The summed E-state index contributed by atoms with van der Waals surface area (Å²) in [5.41, 5.74) is -3.39. The van der Waals surface area contributed by atoms with E-state index < -0.39 is 55.6 Å². The van der Waals surface area contributed by atoms with Crippen molar-refractivity contribution in [2.45, 2.75) is 11.1 Å². The van der Waals surface area contributed by atoms with Crippen molar-refractivity contribution in [1.29, 1.82) is 0 Å². The monoisotopic (exact) mass is 438 g/mol. The molecule has 3 rings (SSSR count). The summed E-state index contributed by atoms with van der Waals surface area (Å²) in [6.45, 7) is 0. The van der Waals surface area contributed by atoms with E-state index in [1.54, 1.807) is 4.72 Å². The summed E-state index contributed by atoms with van der Waals surface area (Å²) in [6, 6.07) is 3.23. The molecule has 1 heterocycles. The lowest BCUT2D eigenvalue weighted by molar-refractivity contribution is -0.140. The first-order valence-electron chi connectivity index (χ1n) is 7.61. The van der Waals surface area contributed by atoms with Gasteiger partial charge in [-0.3, -0.25) is 4.72 Å². The van der Waals surface area contributed by atoms with E-state index in [2.05, 4.69) is 4.98 Å². The van der Waals surface area contributed by atoms with Crippen LogP contribution in [0.25, 0.3) is 11.3 Å². The minimum absolute atomic E-state index is 0.0511. The molecule has 4 nitrogen and oxygen atoms in total. The Morgan fingerprint density at radius 1 is 0.862 bits per heavy atom. The molecule has 0 fully saturated rings. The molecule has 0 unspecified atom stereocenters. The maximum atomic E-state index is 13.9. The van der Waals surface area contributed by atoms with E-state index >= 15 is 0 Å². The molecule has 3 aromatic rings. The van der Waals surface area contributed by atoms with Crippen LogP contribution in [-0.2, 0) is 16.2 Å². The summed E-state index contributed by atoms with van der Waals surface area (Å²) >= 11 is 0. The number of aromatic nitrogens is 1. The molecular weight excluding hydrogens is 429 g/mol. The van der Waals surface area contributed by atoms with E-state index in [1.165, 1.54) is 0 Å². The molecule has 0 bridgehead atoms. The van der Waals surface area contributed by atoms with E-state index in [9.17, 15) is 39.2 Å². The summed E-state index contributed by atoms with van der Waals surface area (Å²) < 4.78 is 119. The molecule has 29 heavy (non-hydrogen) atoms. The minimum atomic E-state index is -5.17. The van der Waals surface area contributed by atoms with Gasteiger partial charge in [-0.15, -0.1) is 0 Å². The number of rotatable bonds is 4. The zero-order valence-corrected chi connectivity index (χ0v) is 14.7. The number of aromatic amines is 1. The van der Waals surface area contributed by atoms with Crippen LogP contribution in [0.5, 0.6) is 0 Å².